The zero-order chi connectivity index (χ0) is 12.8. The lowest BCUT2D eigenvalue weighted by atomic mass is 9.77. The molecule has 0 N–H and O–H groups in total. The number of carbonyl (C=O) groups is 1. The third-order valence-electron chi connectivity index (χ3n) is 3.95. The van der Waals surface area contributed by atoms with Crippen LogP contribution in [-0.2, 0) is 4.74 Å². The molecule has 3 nitrogen and oxygen atoms in total. The van der Waals surface area contributed by atoms with Crippen molar-refractivity contribution in [2.24, 2.45) is 5.92 Å². The molecule has 0 saturated carbocycles. The van der Waals surface area contributed by atoms with E-state index < -0.39 is 11.4 Å². The van der Waals surface area contributed by atoms with E-state index in [4.69, 9.17) is 9.47 Å². The minimum absolute atomic E-state index is 0.0375. The Labute approximate surface area is 105 Å². The van der Waals surface area contributed by atoms with Gasteiger partial charge in [-0.15, -0.1) is 0 Å². The number of halogens is 1. The number of carbonyl (C=O) groups excluding carboxylic acids is 1. The van der Waals surface area contributed by atoms with Crippen LogP contribution in [0.1, 0.15) is 30.1 Å². The summed E-state index contributed by atoms with van der Waals surface area (Å²) in [6.45, 7) is 3.24. The van der Waals surface area contributed by atoms with Gasteiger partial charge in [-0.3, -0.25) is 4.79 Å². The SMILES string of the molecule is CC1COCCC12CC(=O)c1cc(F)ccc1O2. The Kier molecular flexibility index (Phi) is 2.63. The first kappa shape index (κ1) is 11.7. The molecule has 1 aromatic rings. The van der Waals surface area contributed by atoms with Gasteiger partial charge in [0, 0.05) is 12.3 Å². The predicted octanol–water partition coefficient (Wildman–Crippen LogP) is 2.59. The van der Waals surface area contributed by atoms with Crippen LogP contribution in [-0.4, -0.2) is 24.6 Å². The molecule has 96 valence electrons. The van der Waals surface area contributed by atoms with Crippen molar-refractivity contribution in [3.8, 4) is 5.75 Å². The van der Waals surface area contributed by atoms with Gasteiger partial charge in [-0.1, -0.05) is 6.92 Å². The highest BCUT2D eigenvalue weighted by Gasteiger charge is 2.46. The molecular weight excluding hydrogens is 235 g/mol. The first-order chi connectivity index (χ1) is 8.61. The molecule has 0 aliphatic carbocycles. The van der Waals surface area contributed by atoms with Gasteiger partial charge in [0.2, 0.25) is 0 Å². The molecule has 2 atom stereocenters. The number of hydrogen-bond acceptors (Lipinski definition) is 3. The Balaban J connectivity index is 2.00. The monoisotopic (exact) mass is 250 g/mol. The number of fused-ring (bicyclic) bond motifs is 1. The van der Waals surface area contributed by atoms with Crippen LogP contribution >= 0.6 is 0 Å². The first-order valence-corrected chi connectivity index (χ1v) is 6.20. The Morgan fingerprint density at radius 2 is 2.28 bits per heavy atom. The maximum atomic E-state index is 13.2. The fraction of sp³-hybridized carbons (Fsp3) is 0.500. The predicted molar refractivity (Wildman–Crippen MR) is 63.3 cm³/mol. The Bertz CT molecular complexity index is 500. The highest BCUT2D eigenvalue weighted by molar-refractivity contribution is 6.00. The molecular formula is C14H15FO3. The summed E-state index contributed by atoms with van der Waals surface area (Å²) in [5, 5.41) is 0. The summed E-state index contributed by atoms with van der Waals surface area (Å²) in [6.07, 6.45) is 1.02. The number of rotatable bonds is 0. The lowest BCUT2D eigenvalue weighted by Crippen LogP contribution is -2.52. The Hall–Kier alpha value is -1.42. The zero-order valence-electron chi connectivity index (χ0n) is 10.2. The Morgan fingerprint density at radius 3 is 3.06 bits per heavy atom. The van der Waals surface area contributed by atoms with Crippen LogP contribution in [0.5, 0.6) is 5.75 Å². The van der Waals surface area contributed by atoms with Gasteiger partial charge < -0.3 is 9.47 Å². The third-order valence-corrected chi connectivity index (χ3v) is 3.95. The maximum absolute atomic E-state index is 13.2. The molecule has 3 rings (SSSR count). The summed E-state index contributed by atoms with van der Waals surface area (Å²) >= 11 is 0. The van der Waals surface area contributed by atoms with Gasteiger partial charge in [0.05, 0.1) is 25.2 Å². The summed E-state index contributed by atoms with van der Waals surface area (Å²) < 4.78 is 24.6. The molecule has 0 amide bonds. The average molecular weight is 250 g/mol. The fourth-order valence-corrected chi connectivity index (χ4v) is 2.75. The quantitative estimate of drug-likeness (QED) is 0.710. The van der Waals surface area contributed by atoms with Gasteiger partial charge in [-0.2, -0.15) is 0 Å². The number of benzene rings is 1. The molecule has 0 radical (unpaired) electrons. The van der Waals surface area contributed by atoms with Gasteiger partial charge >= 0.3 is 0 Å². The third kappa shape index (κ3) is 1.72. The van der Waals surface area contributed by atoms with Crippen molar-refractivity contribution in [3.63, 3.8) is 0 Å². The van der Waals surface area contributed by atoms with E-state index in [2.05, 4.69) is 0 Å². The minimum atomic E-state index is -0.472. The van der Waals surface area contributed by atoms with E-state index in [0.29, 0.717) is 37.4 Å². The standard InChI is InChI=1S/C14H15FO3/c1-9-8-17-5-4-14(9)7-12(16)11-6-10(15)2-3-13(11)18-14/h2-3,6,9H,4-5,7-8H2,1H3. The second-order valence-corrected chi connectivity index (χ2v) is 5.13. The number of ketones is 1. The second kappa shape index (κ2) is 4.05. The zero-order valence-corrected chi connectivity index (χ0v) is 10.2. The van der Waals surface area contributed by atoms with Crippen LogP contribution in [0.25, 0.3) is 0 Å². The number of ether oxygens (including phenoxy) is 2. The van der Waals surface area contributed by atoms with Gasteiger partial charge in [-0.05, 0) is 18.2 Å². The molecule has 18 heavy (non-hydrogen) atoms. The normalized spacial score (nSPS) is 31.0. The molecule has 1 aromatic carbocycles. The summed E-state index contributed by atoms with van der Waals surface area (Å²) in [5.74, 6) is 0.223. The van der Waals surface area contributed by atoms with Crippen molar-refractivity contribution in [2.45, 2.75) is 25.4 Å². The van der Waals surface area contributed by atoms with Crippen molar-refractivity contribution in [2.75, 3.05) is 13.2 Å². The van der Waals surface area contributed by atoms with E-state index in [-0.39, 0.29) is 11.7 Å². The van der Waals surface area contributed by atoms with Crippen LogP contribution in [0.3, 0.4) is 0 Å². The van der Waals surface area contributed by atoms with E-state index in [1.54, 1.807) is 6.07 Å². The lowest BCUT2D eigenvalue weighted by Gasteiger charge is -2.44. The van der Waals surface area contributed by atoms with Crippen molar-refractivity contribution in [1.82, 2.24) is 0 Å². The van der Waals surface area contributed by atoms with Gasteiger partial charge in [0.15, 0.2) is 5.78 Å². The summed E-state index contributed by atoms with van der Waals surface area (Å²) in [4.78, 5) is 12.2. The summed E-state index contributed by atoms with van der Waals surface area (Å²) in [6, 6.07) is 4.13. The molecule has 0 aromatic heterocycles. The first-order valence-electron chi connectivity index (χ1n) is 6.20. The van der Waals surface area contributed by atoms with Crippen LogP contribution in [0.2, 0.25) is 0 Å². The molecule has 1 fully saturated rings. The smallest absolute Gasteiger partial charge is 0.170 e. The highest BCUT2D eigenvalue weighted by Crippen LogP contribution is 2.41. The van der Waals surface area contributed by atoms with Gasteiger partial charge in [0.25, 0.3) is 0 Å². The van der Waals surface area contributed by atoms with Crippen molar-refractivity contribution in [3.05, 3.63) is 29.6 Å². The van der Waals surface area contributed by atoms with E-state index in [9.17, 15) is 9.18 Å². The maximum Gasteiger partial charge on any atom is 0.170 e. The number of hydrogen-bond donors (Lipinski definition) is 0. The van der Waals surface area contributed by atoms with E-state index in [0.717, 1.165) is 0 Å². The minimum Gasteiger partial charge on any atom is -0.486 e. The van der Waals surface area contributed by atoms with Crippen LogP contribution < -0.4 is 4.74 Å². The molecule has 4 heteroatoms. The van der Waals surface area contributed by atoms with Crippen molar-refractivity contribution in [1.29, 1.82) is 0 Å². The Morgan fingerprint density at radius 1 is 1.44 bits per heavy atom. The van der Waals surface area contributed by atoms with Crippen LogP contribution in [0.15, 0.2) is 18.2 Å². The molecule has 0 bridgehead atoms. The van der Waals surface area contributed by atoms with Crippen LogP contribution in [0, 0.1) is 11.7 Å². The highest BCUT2D eigenvalue weighted by atomic mass is 19.1. The second-order valence-electron chi connectivity index (χ2n) is 5.13. The molecule has 2 aliphatic heterocycles. The molecule has 1 spiro atoms. The van der Waals surface area contributed by atoms with E-state index in [1.807, 2.05) is 6.92 Å². The summed E-state index contributed by atoms with van der Waals surface area (Å²) in [5.41, 5.74) is -0.112. The largest absolute Gasteiger partial charge is 0.486 e. The van der Waals surface area contributed by atoms with E-state index in [1.165, 1.54) is 12.1 Å². The van der Waals surface area contributed by atoms with Crippen molar-refractivity contribution < 1.29 is 18.7 Å². The van der Waals surface area contributed by atoms with Gasteiger partial charge in [-0.25, -0.2) is 4.39 Å². The van der Waals surface area contributed by atoms with Crippen molar-refractivity contribution >= 4 is 5.78 Å². The topological polar surface area (TPSA) is 35.5 Å². The van der Waals surface area contributed by atoms with Crippen LogP contribution in [0.4, 0.5) is 4.39 Å². The molecule has 2 unspecified atom stereocenters. The molecule has 2 aliphatic rings. The van der Waals surface area contributed by atoms with Gasteiger partial charge in [0.1, 0.15) is 17.2 Å². The summed E-state index contributed by atoms with van der Waals surface area (Å²) in [7, 11) is 0. The average Bonchev–Trinajstić information content (AvgIpc) is 2.34. The van der Waals surface area contributed by atoms with E-state index >= 15 is 0 Å². The fourth-order valence-electron chi connectivity index (χ4n) is 2.75. The molecule has 2 heterocycles. The molecule has 1 saturated heterocycles. The number of Topliss-reactive ketones (excluding diaryl/α,β-unsaturated/α-hetero) is 1. The lowest BCUT2D eigenvalue weighted by molar-refractivity contribution is -0.0917.